The number of nitrogens with two attached hydrogens (primary N) is 1. The van der Waals surface area contributed by atoms with Crippen molar-refractivity contribution in [2.75, 3.05) is 26.2 Å². The van der Waals surface area contributed by atoms with Gasteiger partial charge in [0.1, 0.15) is 0 Å². The number of nitrogens with one attached hydrogen (secondary N) is 1. The van der Waals surface area contributed by atoms with Crippen LogP contribution in [-0.2, 0) is 4.79 Å². The van der Waals surface area contributed by atoms with E-state index in [0.29, 0.717) is 11.5 Å². The molecule has 0 radical (unpaired) electrons. The van der Waals surface area contributed by atoms with E-state index < -0.39 is 5.41 Å². The van der Waals surface area contributed by atoms with E-state index in [1.807, 2.05) is 0 Å². The first-order chi connectivity index (χ1) is 8.06. The fraction of sp³-hybridized carbons (Fsp3) is 0.833. The van der Waals surface area contributed by atoms with E-state index in [0.717, 1.165) is 38.9 Å². The third-order valence-corrected chi connectivity index (χ3v) is 3.88. The molecule has 1 aliphatic carbocycles. The SMILES string of the molecule is CCN(CC)CCCNC(=O)C1(C(N)=S)CC1. The highest BCUT2D eigenvalue weighted by Crippen LogP contribution is 2.46. The van der Waals surface area contributed by atoms with Crippen LogP contribution in [0.5, 0.6) is 0 Å². The topological polar surface area (TPSA) is 58.4 Å². The first-order valence-corrected chi connectivity index (χ1v) is 6.78. The van der Waals surface area contributed by atoms with E-state index in [9.17, 15) is 4.79 Å². The Morgan fingerprint density at radius 3 is 2.41 bits per heavy atom. The predicted octanol–water partition coefficient (Wildman–Crippen LogP) is 0.901. The van der Waals surface area contributed by atoms with E-state index in [1.54, 1.807) is 0 Å². The lowest BCUT2D eigenvalue weighted by atomic mass is 10.1. The second kappa shape index (κ2) is 6.31. The van der Waals surface area contributed by atoms with Gasteiger partial charge in [-0.2, -0.15) is 0 Å². The van der Waals surface area contributed by atoms with Gasteiger partial charge in [-0.3, -0.25) is 4.79 Å². The van der Waals surface area contributed by atoms with Crippen molar-refractivity contribution in [3.05, 3.63) is 0 Å². The molecule has 1 fully saturated rings. The smallest absolute Gasteiger partial charge is 0.233 e. The summed E-state index contributed by atoms with van der Waals surface area (Å²) in [6.45, 7) is 8.14. The monoisotopic (exact) mass is 257 g/mol. The third-order valence-electron chi connectivity index (χ3n) is 3.49. The van der Waals surface area contributed by atoms with Crippen LogP contribution in [-0.4, -0.2) is 42.0 Å². The number of nitrogens with zero attached hydrogens (tertiary/aromatic N) is 1. The molecule has 0 heterocycles. The lowest BCUT2D eigenvalue weighted by Gasteiger charge is -2.18. The molecule has 0 saturated heterocycles. The minimum atomic E-state index is -0.509. The van der Waals surface area contributed by atoms with Gasteiger partial charge in [-0.05, 0) is 38.9 Å². The molecule has 5 heteroatoms. The summed E-state index contributed by atoms with van der Waals surface area (Å²) in [7, 11) is 0. The van der Waals surface area contributed by atoms with E-state index in [1.165, 1.54) is 0 Å². The van der Waals surface area contributed by atoms with Gasteiger partial charge in [0.2, 0.25) is 5.91 Å². The molecule has 3 N–H and O–H groups in total. The highest BCUT2D eigenvalue weighted by Gasteiger charge is 2.52. The Morgan fingerprint density at radius 2 is 2.00 bits per heavy atom. The Balaban J connectivity index is 2.19. The van der Waals surface area contributed by atoms with Crippen LogP contribution in [0.3, 0.4) is 0 Å². The van der Waals surface area contributed by atoms with Gasteiger partial charge >= 0.3 is 0 Å². The second-order valence-electron chi connectivity index (χ2n) is 4.58. The quantitative estimate of drug-likeness (QED) is 0.501. The van der Waals surface area contributed by atoms with Crippen LogP contribution < -0.4 is 11.1 Å². The Kier molecular flexibility index (Phi) is 5.33. The molecule has 0 atom stereocenters. The first-order valence-electron chi connectivity index (χ1n) is 6.37. The van der Waals surface area contributed by atoms with Crippen molar-refractivity contribution in [3.63, 3.8) is 0 Å². The van der Waals surface area contributed by atoms with Gasteiger partial charge in [-0.25, -0.2) is 0 Å². The lowest BCUT2D eigenvalue weighted by molar-refractivity contribution is -0.124. The summed E-state index contributed by atoms with van der Waals surface area (Å²) >= 11 is 4.94. The second-order valence-corrected chi connectivity index (χ2v) is 5.02. The number of amides is 1. The molecule has 0 aromatic rings. The summed E-state index contributed by atoms with van der Waals surface area (Å²) in [6.07, 6.45) is 2.59. The molecule has 17 heavy (non-hydrogen) atoms. The van der Waals surface area contributed by atoms with Crippen LogP contribution in [0.2, 0.25) is 0 Å². The van der Waals surface area contributed by atoms with E-state index >= 15 is 0 Å². The average molecular weight is 257 g/mol. The minimum absolute atomic E-state index is 0.0181. The van der Waals surface area contributed by atoms with Gasteiger partial charge in [0, 0.05) is 6.54 Å². The zero-order chi connectivity index (χ0) is 12.9. The Bertz CT molecular complexity index is 285. The van der Waals surface area contributed by atoms with E-state index in [4.69, 9.17) is 18.0 Å². The van der Waals surface area contributed by atoms with Crippen LogP contribution >= 0.6 is 12.2 Å². The number of rotatable bonds is 8. The van der Waals surface area contributed by atoms with Crippen LogP contribution in [0.25, 0.3) is 0 Å². The Morgan fingerprint density at radius 1 is 1.41 bits per heavy atom. The average Bonchev–Trinajstić information content (AvgIpc) is 3.10. The summed E-state index contributed by atoms with van der Waals surface area (Å²) in [4.78, 5) is 14.5. The van der Waals surface area contributed by atoms with Crippen molar-refractivity contribution in [1.29, 1.82) is 0 Å². The molecule has 0 aromatic carbocycles. The number of hydrogen-bond acceptors (Lipinski definition) is 3. The van der Waals surface area contributed by atoms with Gasteiger partial charge in [-0.1, -0.05) is 26.1 Å². The van der Waals surface area contributed by atoms with Gasteiger partial charge in [0.15, 0.2) is 0 Å². The summed E-state index contributed by atoms with van der Waals surface area (Å²) in [6, 6.07) is 0. The summed E-state index contributed by atoms with van der Waals surface area (Å²) in [5.41, 5.74) is 5.08. The molecule has 0 unspecified atom stereocenters. The van der Waals surface area contributed by atoms with Crippen molar-refractivity contribution in [2.24, 2.45) is 11.1 Å². The zero-order valence-corrected chi connectivity index (χ0v) is 11.6. The molecule has 0 aromatic heterocycles. The first kappa shape index (κ1) is 14.4. The third kappa shape index (κ3) is 3.64. The van der Waals surface area contributed by atoms with E-state index in [-0.39, 0.29) is 5.91 Å². The fourth-order valence-corrected chi connectivity index (χ4v) is 2.22. The van der Waals surface area contributed by atoms with Crippen molar-refractivity contribution in [1.82, 2.24) is 10.2 Å². The predicted molar refractivity (Wildman–Crippen MR) is 73.9 cm³/mol. The molecular weight excluding hydrogens is 234 g/mol. The van der Waals surface area contributed by atoms with E-state index in [2.05, 4.69) is 24.1 Å². The Labute approximate surface area is 109 Å². The fourth-order valence-electron chi connectivity index (χ4n) is 1.92. The maximum Gasteiger partial charge on any atom is 0.233 e. The standard InChI is InChI=1S/C12H23N3OS/c1-3-15(4-2)9-5-8-14-11(16)12(6-7-12)10(13)17/h3-9H2,1-2H3,(H2,13,17)(H,14,16). The van der Waals surface area contributed by atoms with Crippen LogP contribution in [0.1, 0.15) is 33.1 Å². The molecule has 1 saturated carbocycles. The number of thiocarbonyl (C=S) groups is 1. The maximum atomic E-state index is 11.9. The van der Waals surface area contributed by atoms with Crippen LogP contribution in [0, 0.1) is 5.41 Å². The Hall–Kier alpha value is -0.680. The summed E-state index contributed by atoms with van der Waals surface area (Å²) in [5, 5.41) is 2.94. The van der Waals surface area contributed by atoms with Gasteiger partial charge in [-0.15, -0.1) is 0 Å². The number of carbonyl (C=O) groups is 1. The van der Waals surface area contributed by atoms with Crippen LogP contribution in [0.15, 0.2) is 0 Å². The number of hydrogen-bond donors (Lipinski definition) is 2. The molecular formula is C12H23N3OS. The molecule has 0 aliphatic heterocycles. The zero-order valence-electron chi connectivity index (χ0n) is 10.8. The van der Waals surface area contributed by atoms with Crippen LogP contribution in [0.4, 0.5) is 0 Å². The maximum absolute atomic E-state index is 11.9. The van der Waals surface area contributed by atoms with Crippen molar-refractivity contribution < 1.29 is 4.79 Å². The molecule has 4 nitrogen and oxygen atoms in total. The summed E-state index contributed by atoms with van der Waals surface area (Å²) in [5.74, 6) is 0.0181. The highest BCUT2D eigenvalue weighted by atomic mass is 32.1. The lowest BCUT2D eigenvalue weighted by Crippen LogP contribution is -2.40. The summed E-state index contributed by atoms with van der Waals surface area (Å²) < 4.78 is 0. The molecule has 1 aliphatic rings. The van der Waals surface area contributed by atoms with Crippen molar-refractivity contribution in [3.8, 4) is 0 Å². The largest absolute Gasteiger partial charge is 0.392 e. The molecule has 0 bridgehead atoms. The van der Waals surface area contributed by atoms with Gasteiger partial charge < -0.3 is 16.0 Å². The molecule has 0 spiro atoms. The highest BCUT2D eigenvalue weighted by molar-refractivity contribution is 7.80. The number of carbonyl (C=O) groups excluding carboxylic acids is 1. The van der Waals surface area contributed by atoms with Gasteiger partial charge in [0.05, 0.1) is 10.4 Å². The van der Waals surface area contributed by atoms with Crippen molar-refractivity contribution >= 4 is 23.1 Å². The minimum Gasteiger partial charge on any atom is -0.392 e. The normalized spacial score (nSPS) is 16.9. The molecule has 1 amide bonds. The molecule has 98 valence electrons. The van der Waals surface area contributed by atoms with Crippen molar-refractivity contribution in [2.45, 2.75) is 33.1 Å². The van der Waals surface area contributed by atoms with Gasteiger partial charge in [0.25, 0.3) is 0 Å². The molecule has 1 rings (SSSR count).